The molecule has 0 bridgehead atoms. The Balaban J connectivity index is 2.40. The summed E-state index contributed by atoms with van der Waals surface area (Å²) < 4.78 is 5.41. The predicted octanol–water partition coefficient (Wildman–Crippen LogP) is 0.856. The maximum absolute atomic E-state index is 10.9. The molecular formula is C9H15NO2. The lowest BCUT2D eigenvalue weighted by Crippen LogP contribution is -2.39. The molecule has 1 amide bonds. The Hall–Kier alpha value is -0.830. The summed E-state index contributed by atoms with van der Waals surface area (Å²) in [4.78, 5) is 10.9. The van der Waals surface area contributed by atoms with Gasteiger partial charge in [0.1, 0.15) is 0 Å². The van der Waals surface area contributed by atoms with Crippen molar-refractivity contribution in [1.82, 2.24) is 5.32 Å². The van der Waals surface area contributed by atoms with Gasteiger partial charge in [-0.25, -0.2) is 0 Å². The van der Waals surface area contributed by atoms with Crippen molar-refractivity contribution in [3.63, 3.8) is 0 Å². The molecule has 0 unspecified atom stereocenters. The average molecular weight is 169 g/mol. The van der Waals surface area contributed by atoms with Gasteiger partial charge in [0.2, 0.25) is 5.91 Å². The van der Waals surface area contributed by atoms with E-state index in [1.54, 1.807) is 0 Å². The second-order valence-corrected chi connectivity index (χ2v) is 2.93. The van der Waals surface area contributed by atoms with Crippen molar-refractivity contribution < 1.29 is 9.53 Å². The van der Waals surface area contributed by atoms with E-state index in [0.29, 0.717) is 0 Å². The Morgan fingerprint density at radius 1 is 1.83 bits per heavy atom. The molecule has 1 rings (SSSR count). The highest BCUT2D eigenvalue weighted by molar-refractivity contribution is 5.87. The summed E-state index contributed by atoms with van der Waals surface area (Å²) in [7, 11) is 0. The Kier molecular flexibility index (Phi) is 3.29. The van der Waals surface area contributed by atoms with Gasteiger partial charge in [0.25, 0.3) is 0 Å². The number of ether oxygens (including phenoxy) is 1. The molecule has 2 atom stereocenters. The molecule has 0 radical (unpaired) electrons. The van der Waals surface area contributed by atoms with Gasteiger partial charge in [-0.1, -0.05) is 13.5 Å². The molecule has 0 aromatic carbocycles. The summed E-state index contributed by atoms with van der Waals surface area (Å²) in [5.74, 6) is -0.107. The number of amides is 1. The highest BCUT2D eigenvalue weighted by atomic mass is 16.5. The van der Waals surface area contributed by atoms with Crippen LogP contribution < -0.4 is 5.32 Å². The quantitative estimate of drug-likeness (QED) is 0.636. The molecule has 3 nitrogen and oxygen atoms in total. The molecule has 1 fully saturated rings. The summed E-state index contributed by atoms with van der Waals surface area (Å²) in [6.45, 7) is 6.21. The Morgan fingerprint density at radius 2 is 2.58 bits per heavy atom. The van der Waals surface area contributed by atoms with Crippen LogP contribution in [-0.4, -0.2) is 24.7 Å². The van der Waals surface area contributed by atoms with Crippen LogP contribution in [0.15, 0.2) is 12.7 Å². The van der Waals surface area contributed by atoms with Gasteiger partial charge in [-0.2, -0.15) is 0 Å². The Bertz CT molecular complexity index is 179. The normalized spacial score (nSPS) is 28.4. The van der Waals surface area contributed by atoms with Crippen molar-refractivity contribution in [1.29, 1.82) is 0 Å². The molecule has 3 heteroatoms. The molecule has 12 heavy (non-hydrogen) atoms. The zero-order chi connectivity index (χ0) is 8.97. The minimum atomic E-state index is -0.107. The third kappa shape index (κ3) is 2.08. The first-order valence-corrected chi connectivity index (χ1v) is 4.32. The lowest BCUT2D eigenvalue weighted by molar-refractivity contribution is -0.117. The van der Waals surface area contributed by atoms with E-state index in [1.165, 1.54) is 6.08 Å². The molecule has 1 N–H and O–H groups in total. The van der Waals surface area contributed by atoms with Crippen molar-refractivity contribution in [2.45, 2.75) is 31.9 Å². The first-order chi connectivity index (χ1) is 5.77. The molecule has 1 aliphatic rings. The van der Waals surface area contributed by atoms with E-state index in [2.05, 4.69) is 18.8 Å². The van der Waals surface area contributed by atoms with Gasteiger partial charge in [0.15, 0.2) is 0 Å². The van der Waals surface area contributed by atoms with Crippen molar-refractivity contribution in [2.24, 2.45) is 0 Å². The van der Waals surface area contributed by atoms with Gasteiger partial charge in [0.05, 0.1) is 12.1 Å². The molecule has 1 heterocycles. The van der Waals surface area contributed by atoms with E-state index in [1.807, 2.05) is 0 Å². The summed E-state index contributed by atoms with van der Waals surface area (Å²) in [5, 5.41) is 2.85. The second kappa shape index (κ2) is 4.26. The predicted molar refractivity (Wildman–Crippen MR) is 46.8 cm³/mol. The van der Waals surface area contributed by atoms with Crippen LogP contribution in [0.5, 0.6) is 0 Å². The summed E-state index contributed by atoms with van der Waals surface area (Å²) >= 11 is 0. The van der Waals surface area contributed by atoms with Crippen molar-refractivity contribution in [3.05, 3.63) is 12.7 Å². The Morgan fingerprint density at radius 3 is 3.17 bits per heavy atom. The zero-order valence-electron chi connectivity index (χ0n) is 7.38. The Labute approximate surface area is 72.8 Å². The topological polar surface area (TPSA) is 38.3 Å². The smallest absolute Gasteiger partial charge is 0.243 e. The monoisotopic (exact) mass is 169 g/mol. The van der Waals surface area contributed by atoms with Crippen LogP contribution >= 0.6 is 0 Å². The maximum atomic E-state index is 10.9. The molecule has 1 saturated heterocycles. The lowest BCUT2D eigenvalue weighted by Gasteiger charge is -2.16. The number of hydrogen-bond acceptors (Lipinski definition) is 2. The van der Waals surface area contributed by atoms with Crippen molar-refractivity contribution >= 4 is 5.91 Å². The SMILES string of the molecule is C=CC(=O)N[C@@H]1CCO[C@H]1CC. The largest absolute Gasteiger partial charge is 0.376 e. The van der Waals surface area contributed by atoms with Gasteiger partial charge in [-0.3, -0.25) is 4.79 Å². The molecule has 0 aliphatic carbocycles. The number of carbonyl (C=O) groups is 1. The minimum absolute atomic E-state index is 0.107. The molecule has 1 aliphatic heterocycles. The molecule has 0 spiro atoms. The lowest BCUT2D eigenvalue weighted by atomic mass is 10.1. The van der Waals surface area contributed by atoms with E-state index in [4.69, 9.17) is 4.74 Å². The van der Waals surface area contributed by atoms with Crippen LogP contribution in [0.2, 0.25) is 0 Å². The van der Waals surface area contributed by atoms with Crippen molar-refractivity contribution in [3.8, 4) is 0 Å². The molecule has 68 valence electrons. The fourth-order valence-electron chi connectivity index (χ4n) is 1.46. The third-order valence-corrected chi connectivity index (χ3v) is 2.12. The van der Waals surface area contributed by atoms with Crippen LogP contribution in [0.25, 0.3) is 0 Å². The summed E-state index contributed by atoms with van der Waals surface area (Å²) in [6, 6.07) is 0.181. The van der Waals surface area contributed by atoms with E-state index in [0.717, 1.165) is 19.4 Å². The minimum Gasteiger partial charge on any atom is -0.376 e. The van der Waals surface area contributed by atoms with Crippen LogP contribution in [0.3, 0.4) is 0 Å². The maximum Gasteiger partial charge on any atom is 0.243 e. The zero-order valence-corrected chi connectivity index (χ0v) is 7.38. The van der Waals surface area contributed by atoms with E-state index in [9.17, 15) is 4.79 Å². The average Bonchev–Trinajstić information content (AvgIpc) is 2.51. The van der Waals surface area contributed by atoms with Crippen LogP contribution in [-0.2, 0) is 9.53 Å². The highest BCUT2D eigenvalue weighted by Gasteiger charge is 2.27. The van der Waals surface area contributed by atoms with Crippen LogP contribution in [0.4, 0.5) is 0 Å². The van der Waals surface area contributed by atoms with E-state index in [-0.39, 0.29) is 18.1 Å². The van der Waals surface area contributed by atoms with E-state index >= 15 is 0 Å². The van der Waals surface area contributed by atoms with E-state index < -0.39 is 0 Å². The molecule has 0 saturated carbocycles. The number of hydrogen-bond donors (Lipinski definition) is 1. The van der Waals surface area contributed by atoms with Gasteiger partial charge >= 0.3 is 0 Å². The summed E-state index contributed by atoms with van der Waals surface area (Å²) in [5.41, 5.74) is 0. The third-order valence-electron chi connectivity index (χ3n) is 2.12. The van der Waals surface area contributed by atoms with Crippen molar-refractivity contribution in [2.75, 3.05) is 6.61 Å². The fourth-order valence-corrected chi connectivity index (χ4v) is 1.46. The highest BCUT2D eigenvalue weighted by Crippen LogP contribution is 2.15. The van der Waals surface area contributed by atoms with Gasteiger partial charge < -0.3 is 10.1 Å². The van der Waals surface area contributed by atoms with Crippen LogP contribution in [0, 0.1) is 0 Å². The number of rotatable bonds is 3. The summed E-state index contributed by atoms with van der Waals surface area (Å²) in [6.07, 6.45) is 3.35. The molecule has 0 aromatic heterocycles. The molecule has 0 aromatic rings. The standard InChI is InChI=1S/C9H15NO2/c1-3-8-7(5-6-12-8)10-9(11)4-2/h4,7-8H,2-3,5-6H2,1H3,(H,10,11)/t7-,8+/m1/s1. The first kappa shape index (κ1) is 9.26. The first-order valence-electron chi connectivity index (χ1n) is 4.32. The fraction of sp³-hybridized carbons (Fsp3) is 0.667. The van der Waals surface area contributed by atoms with Gasteiger partial charge in [-0.15, -0.1) is 0 Å². The second-order valence-electron chi connectivity index (χ2n) is 2.93. The number of nitrogens with one attached hydrogen (secondary N) is 1. The molecular weight excluding hydrogens is 154 g/mol. The van der Waals surface area contributed by atoms with Gasteiger partial charge in [0, 0.05) is 6.61 Å². The van der Waals surface area contributed by atoms with Crippen LogP contribution in [0.1, 0.15) is 19.8 Å². The number of carbonyl (C=O) groups excluding carboxylic acids is 1. The van der Waals surface area contributed by atoms with Gasteiger partial charge in [-0.05, 0) is 18.9 Å².